The fraction of sp³-hybridized carbons (Fsp3) is 0.583. The second-order valence-electron chi connectivity index (χ2n) is 5.03. The molecule has 108 valence electrons. The molecule has 6 nitrogen and oxygen atoms in total. The third-order valence-electron chi connectivity index (χ3n) is 2.33. The molecular formula is C12H21N3O3S. The molecule has 1 rings (SSSR count). The Balaban J connectivity index is 2.49. The average Bonchev–Trinajstić information content (AvgIpc) is 2.25. The van der Waals surface area contributed by atoms with Crippen LogP contribution in [0, 0.1) is 0 Å². The van der Waals surface area contributed by atoms with Gasteiger partial charge in [0.25, 0.3) is 0 Å². The molecule has 0 radical (unpaired) electrons. The Morgan fingerprint density at radius 1 is 1.37 bits per heavy atom. The lowest BCUT2D eigenvalue weighted by molar-refractivity contribution is 0.393. The van der Waals surface area contributed by atoms with Crippen molar-refractivity contribution in [2.45, 2.75) is 25.9 Å². The van der Waals surface area contributed by atoms with Crippen molar-refractivity contribution in [3.63, 3.8) is 0 Å². The summed E-state index contributed by atoms with van der Waals surface area (Å²) in [5, 5.41) is 3.17. The monoisotopic (exact) mass is 287 g/mol. The van der Waals surface area contributed by atoms with Crippen molar-refractivity contribution in [2.24, 2.45) is 0 Å². The number of sulfonamides is 1. The first kappa shape index (κ1) is 15.9. The van der Waals surface area contributed by atoms with Crippen molar-refractivity contribution in [3.05, 3.63) is 23.9 Å². The van der Waals surface area contributed by atoms with Crippen LogP contribution in [0.1, 0.15) is 19.5 Å². The number of aromatic nitrogens is 1. The van der Waals surface area contributed by atoms with Crippen LogP contribution in [0.25, 0.3) is 0 Å². The zero-order valence-corrected chi connectivity index (χ0v) is 12.5. The molecule has 0 atom stereocenters. The first-order valence-corrected chi connectivity index (χ1v) is 7.80. The maximum absolute atomic E-state index is 11.2. The number of nitrogens with one attached hydrogen (secondary N) is 2. The highest BCUT2D eigenvalue weighted by molar-refractivity contribution is 7.88. The first-order chi connectivity index (χ1) is 8.72. The van der Waals surface area contributed by atoms with Crippen LogP contribution in [0.2, 0.25) is 0 Å². The molecule has 0 aliphatic heterocycles. The van der Waals surface area contributed by atoms with Crippen LogP contribution >= 0.6 is 0 Å². The highest BCUT2D eigenvalue weighted by Crippen LogP contribution is 2.07. The molecule has 0 aromatic carbocycles. The van der Waals surface area contributed by atoms with E-state index >= 15 is 0 Å². The Kier molecular flexibility index (Phi) is 5.28. The molecule has 0 aliphatic carbocycles. The van der Waals surface area contributed by atoms with Gasteiger partial charge >= 0.3 is 0 Å². The van der Waals surface area contributed by atoms with E-state index in [1.165, 1.54) is 0 Å². The Labute approximate surface area is 114 Å². The maximum Gasteiger partial charge on any atom is 0.213 e. The number of hydrogen-bond acceptors (Lipinski definition) is 5. The quantitative estimate of drug-likeness (QED) is 0.763. The van der Waals surface area contributed by atoms with E-state index in [9.17, 15) is 8.42 Å². The summed E-state index contributed by atoms with van der Waals surface area (Å²) in [4.78, 5) is 4.26. The van der Waals surface area contributed by atoms with Gasteiger partial charge in [0.2, 0.25) is 15.9 Å². The minimum absolute atomic E-state index is 0.499. The molecule has 7 heteroatoms. The van der Waals surface area contributed by atoms with Crippen LogP contribution < -0.4 is 14.8 Å². The van der Waals surface area contributed by atoms with Crippen molar-refractivity contribution in [1.29, 1.82) is 0 Å². The largest absolute Gasteiger partial charge is 0.481 e. The van der Waals surface area contributed by atoms with Crippen molar-refractivity contribution in [3.8, 4) is 5.88 Å². The molecule has 2 N–H and O–H groups in total. The molecule has 0 saturated carbocycles. The van der Waals surface area contributed by atoms with E-state index in [1.807, 2.05) is 26.0 Å². The Hall–Kier alpha value is -1.18. The predicted octanol–water partition coefficient (Wildman–Crippen LogP) is 0.508. The van der Waals surface area contributed by atoms with Crippen LogP contribution in [0.4, 0.5) is 0 Å². The standard InChI is InChI=1S/C12H21N3O3S/c1-12(2,15-19(4,16)17)9-13-8-10-6-5-7-11(14-10)18-3/h5-7,13,15H,8-9H2,1-4H3. The molecule has 0 saturated heterocycles. The smallest absolute Gasteiger partial charge is 0.213 e. The molecule has 1 aromatic rings. The highest BCUT2D eigenvalue weighted by atomic mass is 32.2. The average molecular weight is 287 g/mol. The molecule has 0 fully saturated rings. The van der Waals surface area contributed by atoms with Crippen molar-refractivity contribution in [2.75, 3.05) is 19.9 Å². The molecule has 1 heterocycles. The fourth-order valence-electron chi connectivity index (χ4n) is 1.71. The lowest BCUT2D eigenvalue weighted by Gasteiger charge is -2.25. The molecule has 0 aliphatic rings. The van der Waals surface area contributed by atoms with E-state index < -0.39 is 15.6 Å². The van der Waals surface area contributed by atoms with Gasteiger partial charge in [-0.2, -0.15) is 0 Å². The van der Waals surface area contributed by atoms with E-state index in [-0.39, 0.29) is 0 Å². The SMILES string of the molecule is COc1cccc(CNCC(C)(C)NS(C)(=O)=O)n1. The number of pyridine rings is 1. The highest BCUT2D eigenvalue weighted by Gasteiger charge is 2.21. The van der Waals surface area contributed by atoms with Gasteiger partial charge in [0.05, 0.1) is 19.1 Å². The molecule has 0 amide bonds. The summed E-state index contributed by atoms with van der Waals surface area (Å²) in [6.07, 6.45) is 1.15. The number of ether oxygens (including phenoxy) is 1. The zero-order valence-electron chi connectivity index (χ0n) is 11.7. The van der Waals surface area contributed by atoms with Crippen molar-refractivity contribution < 1.29 is 13.2 Å². The van der Waals surface area contributed by atoms with Crippen LogP contribution in [0.3, 0.4) is 0 Å². The lowest BCUT2D eigenvalue weighted by Crippen LogP contribution is -2.49. The molecule has 0 bridgehead atoms. The number of rotatable bonds is 7. The van der Waals surface area contributed by atoms with E-state index in [4.69, 9.17) is 4.74 Å². The van der Waals surface area contributed by atoms with Gasteiger partial charge in [-0.25, -0.2) is 18.1 Å². The zero-order chi connectivity index (χ0) is 14.5. The van der Waals surface area contributed by atoms with Crippen LogP contribution in [-0.4, -0.2) is 38.9 Å². The Bertz CT molecular complexity index is 515. The third kappa shape index (κ3) is 6.51. The topological polar surface area (TPSA) is 80.3 Å². The van der Waals surface area contributed by atoms with Gasteiger partial charge in [-0.05, 0) is 19.9 Å². The van der Waals surface area contributed by atoms with Crippen molar-refractivity contribution >= 4 is 10.0 Å². The lowest BCUT2D eigenvalue weighted by atomic mass is 10.1. The predicted molar refractivity (Wildman–Crippen MR) is 74.6 cm³/mol. The van der Waals surface area contributed by atoms with E-state index in [1.54, 1.807) is 13.2 Å². The third-order valence-corrected chi connectivity index (χ3v) is 3.25. The first-order valence-electron chi connectivity index (χ1n) is 5.91. The van der Waals surface area contributed by atoms with Gasteiger partial charge in [0.1, 0.15) is 0 Å². The van der Waals surface area contributed by atoms with Crippen molar-refractivity contribution in [1.82, 2.24) is 15.0 Å². The number of hydrogen-bond donors (Lipinski definition) is 2. The minimum Gasteiger partial charge on any atom is -0.481 e. The van der Waals surface area contributed by atoms with E-state index in [2.05, 4.69) is 15.0 Å². The number of nitrogens with zero attached hydrogens (tertiary/aromatic N) is 1. The molecule has 1 aromatic heterocycles. The minimum atomic E-state index is -3.21. The van der Waals surface area contributed by atoms with Gasteiger partial charge in [-0.3, -0.25) is 0 Å². The van der Waals surface area contributed by atoms with Crippen LogP contribution in [-0.2, 0) is 16.6 Å². The summed E-state index contributed by atoms with van der Waals surface area (Å²) in [5.74, 6) is 0.563. The summed E-state index contributed by atoms with van der Waals surface area (Å²) in [6.45, 7) is 4.69. The summed E-state index contributed by atoms with van der Waals surface area (Å²) in [5.41, 5.74) is 0.293. The Morgan fingerprint density at radius 3 is 2.63 bits per heavy atom. The molecule has 0 spiro atoms. The molecule has 0 unspecified atom stereocenters. The van der Waals surface area contributed by atoms with E-state index in [0.29, 0.717) is 19.0 Å². The van der Waals surface area contributed by atoms with Gasteiger partial charge < -0.3 is 10.1 Å². The van der Waals surface area contributed by atoms with Gasteiger partial charge in [-0.15, -0.1) is 0 Å². The fourth-order valence-corrected chi connectivity index (χ4v) is 2.79. The second kappa shape index (κ2) is 6.31. The van der Waals surface area contributed by atoms with Gasteiger partial charge in [-0.1, -0.05) is 6.07 Å². The molecular weight excluding hydrogens is 266 g/mol. The Morgan fingerprint density at radius 2 is 2.05 bits per heavy atom. The maximum atomic E-state index is 11.2. The molecule has 19 heavy (non-hydrogen) atoms. The normalized spacial score (nSPS) is 12.4. The van der Waals surface area contributed by atoms with Crippen LogP contribution in [0.15, 0.2) is 18.2 Å². The second-order valence-corrected chi connectivity index (χ2v) is 6.78. The van der Waals surface area contributed by atoms with Crippen LogP contribution in [0.5, 0.6) is 5.88 Å². The summed E-state index contributed by atoms with van der Waals surface area (Å²) >= 11 is 0. The summed E-state index contributed by atoms with van der Waals surface area (Å²) in [7, 11) is -1.65. The van der Waals surface area contributed by atoms with Gasteiger partial charge in [0, 0.05) is 24.7 Å². The van der Waals surface area contributed by atoms with Gasteiger partial charge in [0.15, 0.2) is 0 Å². The summed E-state index contributed by atoms with van der Waals surface area (Å²) < 4.78 is 30.0. The number of methoxy groups -OCH3 is 1. The summed E-state index contributed by atoms with van der Waals surface area (Å²) in [6, 6.07) is 5.52. The van der Waals surface area contributed by atoms with E-state index in [0.717, 1.165) is 11.9 Å².